The Balaban J connectivity index is 0.000000161. The molecule has 0 saturated carbocycles. The molecule has 6 aromatic rings. The van der Waals surface area contributed by atoms with Crippen LogP contribution in [0.4, 0.5) is 22.7 Å². The summed E-state index contributed by atoms with van der Waals surface area (Å²) in [5.41, 5.74) is 2.97. The fourth-order valence-electron chi connectivity index (χ4n) is 8.02. The number of carbonyl (C=O) groups excluding carboxylic acids is 7. The van der Waals surface area contributed by atoms with Gasteiger partial charge in [-0.1, -0.05) is 35.3 Å². The molecule has 7 amide bonds. The third-order valence-corrected chi connectivity index (χ3v) is 13.9. The van der Waals surface area contributed by atoms with Crippen LogP contribution in [0.5, 0.6) is 0 Å². The van der Waals surface area contributed by atoms with E-state index in [0.717, 1.165) is 59.4 Å². The van der Waals surface area contributed by atoms with E-state index in [1.54, 1.807) is 47.6 Å². The van der Waals surface area contributed by atoms with Crippen LogP contribution in [0.25, 0.3) is 0 Å². The van der Waals surface area contributed by atoms with Crippen LogP contribution in [0.15, 0.2) is 110 Å². The predicted octanol–water partition coefficient (Wildman–Crippen LogP) is 5.82. The van der Waals surface area contributed by atoms with Gasteiger partial charge in [0.1, 0.15) is 13.1 Å². The van der Waals surface area contributed by atoms with Crippen molar-refractivity contribution in [3.63, 3.8) is 0 Å². The van der Waals surface area contributed by atoms with Crippen molar-refractivity contribution in [2.45, 2.75) is 0 Å². The molecule has 4 aromatic heterocycles. The van der Waals surface area contributed by atoms with Crippen molar-refractivity contribution in [3.8, 4) is 0 Å². The van der Waals surface area contributed by atoms with E-state index in [1.165, 1.54) is 36.0 Å². The quantitative estimate of drug-likeness (QED) is 0.119. The molecule has 10 rings (SSSR count). The Labute approximate surface area is 423 Å². The zero-order valence-electron chi connectivity index (χ0n) is 37.4. The normalized spacial score (nSPS) is 15.0. The van der Waals surface area contributed by atoms with E-state index < -0.39 is 48.0 Å². The number of aromatic nitrogens is 2. The van der Waals surface area contributed by atoms with Gasteiger partial charge in [-0.05, 0) is 72.8 Å². The summed E-state index contributed by atoms with van der Waals surface area (Å²) in [4.78, 5) is 116. The number of pyridine rings is 2. The van der Waals surface area contributed by atoms with Crippen LogP contribution in [0, 0.1) is 0 Å². The number of anilines is 4. The lowest BCUT2D eigenvalue weighted by Crippen LogP contribution is -2.51. The van der Waals surface area contributed by atoms with Gasteiger partial charge in [0.2, 0.25) is 5.91 Å². The average Bonchev–Trinajstić information content (AvgIpc) is 4.15. The first-order chi connectivity index (χ1) is 34.3. The van der Waals surface area contributed by atoms with Crippen molar-refractivity contribution in [2.75, 3.05) is 85.9 Å². The second-order valence-corrected chi connectivity index (χ2v) is 19.3. The molecule has 4 N–H and O–H groups in total. The lowest BCUT2D eigenvalue weighted by molar-refractivity contribution is -0.137. The van der Waals surface area contributed by atoms with Gasteiger partial charge in [0.15, 0.2) is 0 Å². The van der Waals surface area contributed by atoms with Gasteiger partial charge in [-0.3, -0.25) is 58.1 Å². The van der Waals surface area contributed by atoms with Crippen LogP contribution in [-0.4, -0.2) is 143 Å². The number of carboxylic acids is 1. The van der Waals surface area contributed by atoms with Gasteiger partial charge in [-0.15, -0.1) is 22.7 Å². The highest BCUT2D eigenvalue weighted by Crippen LogP contribution is 2.33. The summed E-state index contributed by atoms with van der Waals surface area (Å²) in [5.74, 6) is -5.12. The van der Waals surface area contributed by atoms with Gasteiger partial charge in [-0.2, -0.15) is 0 Å². The van der Waals surface area contributed by atoms with Gasteiger partial charge in [0, 0.05) is 88.5 Å². The maximum atomic E-state index is 13.2. The van der Waals surface area contributed by atoms with E-state index in [2.05, 4.69) is 47.9 Å². The lowest BCUT2D eigenvalue weighted by Gasteiger charge is -2.36. The van der Waals surface area contributed by atoms with Gasteiger partial charge in [0.25, 0.3) is 35.4 Å². The van der Waals surface area contributed by atoms with Crippen LogP contribution in [-0.2, 0) is 9.59 Å². The third kappa shape index (κ3) is 11.6. The average molecular weight is 1040 g/mol. The number of hydrogen-bond acceptors (Lipinski definition) is 15. The minimum absolute atomic E-state index is 0.0141. The Bertz CT molecular complexity index is 3020. The summed E-state index contributed by atoms with van der Waals surface area (Å²) in [6, 6.07) is 23.3. The van der Waals surface area contributed by atoms with Gasteiger partial charge >= 0.3 is 5.97 Å². The van der Waals surface area contributed by atoms with E-state index >= 15 is 0 Å². The highest BCUT2D eigenvalue weighted by molar-refractivity contribution is 7.18. The highest BCUT2D eigenvalue weighted by Gasteiger charge is 2.41. The molecule has 23 heteroatoms. The van der Waals surface area contributed by atoms with Gasteiger partial charge < -0.3 is 35.8 Å². The lowest BCUT2D eigenvalue weighted by atomic mass is 10.1. The number of aliphatic carboxylic acids is 1. The molecule has 0 bridgehead atoms. The molecule has 71 heavy (non-hydrogen) atoms. The van der Waals surface area contributed by atoms with E-state index in [1.807, 2.05) is 24.5 Å². The first-order valence-corrected chi connectivity index (χ1v) is 24.3. The minimum atomic E-state index is -1.30. The molecule has 0 aliphatic carbocycles. The molecular formula is C48H42Cl2N10O9S2. The first kappa shape index (κ1) is 49.8. The highest BCUT2D eigenvalue weighted by atomic mass is 35.5. The summed E-state index contributed by atoms with van der Waals surface area (Å²) in [6.07, 6.45) is 7.14. The molecule has 0 atom stereocenters. The SMILES string of the molecule is O=C(Nc1cccc2c1C(=O)N(CC(=O)N1CCN(c3ccncc3)CC1)C2=O)c1ccc(Cl)s1.O=C(O)CN1C(=O)c2cccc(NC(=O)c3ccc(Cl)s3)c2C1=O.c1cc(N2CCNCC2)ccn1. The Hall–Kier alpha value is -7.56. The van der Waals surface area contributed by atoms with Crippen molar-refractivity contribution < 1.29 is 43.5 Å². The van der Waals surface area contributed by atoms with Crippen LogP contribution >= 0.6 is 45.9 Å². The molecule has 4 aliphatic rings. The number of halogens is 2. The van der Waals surface area contributed by atoms with E-state index in [4.69, 9.17) is 28.3 Å². The fourth-order valence-corrected chi connectivity index (χ4v) is 9.90. The zero-order chi connectivity index (χ0) is 50.2. The molecule has 2 aromatic carbocycles. The molecule has 2 fully saturated rings. The number of rotatable bonds is 10. The fraction of sp³-hybridized carbons (Fsp3) is 0.208. The number of carboxylic acid groups (broad SMARTS) is 1. The molecule has 8 heterocycles. The van der Waals surface area contributed by atoms with Crippen molar-refractivity contribution in [2.24, 2.45) is 0 Å². The molecule has 364 valence electrons. The number of benzene rings is 2. The topological polar surface area (TPSA) is 235 Å². The molecule has 19 nitrogen and oxygen atoms in total. The number of nitrogens with zero attached hydrogens (tertiary/aromatic N) is 7. The number of piperazine rings is 2. The Morgan fingerprint density at radius 3 is 1.42 bits per heavy atom. The monoisotopic (exact) mass is 1040 g/mol. The van der Waals surface area contributed by atoms with Gasteiger partial charge in [-0.25, -0.2) is 0 Å². The molecular weight excluding hydrogens is 996 g/mol. The summed E-state index contributed by atoms with van der Waals surface area (Å²) >= 11 is 13.9. The first-order valence-electron chi connectivity index (χ1n) is 21.9. The van der Waals surface area contributed by atoms with Crippen LogP contribution in [0.2, 0.25) is 8.67 Å². The molecule has 0 radical (unpaired) electrons. The maximum absolute atomic E-state index is 13.2. The molecule has 4 aliphatic heterocycles. The number of thiophene rings is 2. The van der Waals surface area contributed by atoms with Crippen molar-refractivity contribution in [1.29, 1.82) is 0 Å². The van der Waals surface area contributed by atoms with E-state index in [-0.39, 0.29) is 46.1 Å². The molecule has 0 spiro atoms. The number of nitrogens with one attached hydrogen (secondary N) is 3. The number of fused-ring (bicyclic) bond motifs is 2. The Morgan fingerprint density at radius 1 is 0.563 bits per heavy atom. The third-order valence-electron chi connectivity index (χ3n) is 11.5. The molecule has 0 unspecified atom stereocenters. The van der Waals surface area contributed by atoms with Crippen LogP contribution in [0.3, 0.4) is 0 Å². The van der Waals surface area contributed by atoms with Crippen LogP contribution in [0.1, 0.15) is 60.8 Å². The number of carbonyl (C=O) groups is 8. The van der Waals surface area contributed by atoms with Gasteiger partial charge in [0.05, 0.1) is 52.1 Å². The number of amides is 7. The van der Waals surface area contributed by atoms with Crippen molar-refractivity contribution >= 4 is 116 Å². The number of hydrogen-bond donors (Lipinski definition) is 4. The maximum Gasteiger partial charge on any atom is 0.323 e. The summed E-state index contributed by atoms with van der Waals surface area (Å²) < 4.78 is 0.906. The Morgan fingerprint density at radius 2 is 1.00 bits per heavy atom. The molecule has 2 saturated heterocycles. The Kier molecular flexibility index (Phi) is 15.8. The van der Waals surface area contributed by atoms with E-state index in [0.29, 0.717) is 49.5 Å². The van der Waals surface area contributed by atoms with Crippen molar-refractivity contribution in [3.05, 3.63) is 150 Å². The second-order valence-electron chi connectivity index (χ2n) is 15.9. The second kappa shape index (κ2) is 22.5. The predicted molar refractivity (Wildman–Crippen MR) is 268 cm³/mol. The standard InChI is InChI=1S/C24H20ClN5O4S.C15H9ClN2O5S.C9H13N3/c25-19-5-4-18(35-19)22(32)27-17-3-1-2-16-21(17)24(34)30(23(16)33)14-20(31)29-12-10-28(11-13-29)15-6-8-26-9-7-15;16-10-5-4-9(24-10)13(21)17-8-3-1-2-7-12(8)15(23)18(14(7)22)6-11(19)20;1-3-10-4-2-9(1)12-7-5-11-6-8-12/h1-9H,10-14H2,(H,27,32);1-5H,6H2,(H,17,21)(H,19,20);1-4,11H,5-8H2. The summed E-state index contributed by atoms with van der Waals surface area (Å²) in [5, 5.41) is 17.4. The van der Waals surface area contributed by atoms with Crippen molar-refractivity contribution in [1.82, 2.24) is 30.0 Å². The van der Waals surface area contributed by atoms with Crippen LogP contribution < -0.4 is 25.8 Å². The largest absolute Gasteiger partial charge is 0.480 e. The summed E-state index contributed by atoms with van der Waals surface area (Å²) in [7, 11) is 0. The minimum Gasteiger partial charge on any atom is -0.480 e. The van der Waals surface area contributed by atoms with E-state index in [9.17, 15) is 38.4 Å². The zero-order valence-corrected chi connectivity index (χ0v) is 40.5. The smallest absolute Gasteiger partial charge is 0.323 e. The summed E-state index contributed by atoms with van der Waals surface area (Å²) in [6.45, 7) is 5.53. The number of imide groups is 2.